The Hall–Kier alpha value is -0.770. The summed E-state index contributed by atoms with van der Waals surface area (Å²) in [5.74, 6) is 0. The second-order valence-electron chi connectivity index (χ2n) is 2.89. The number of carboxylic acid groups (broad SMARTS) is 1. The van der Waals surface area contributed by atoms with Gasteiger partial charge in [-0.2, -0.15) is 0 Å². The van der Waals surface area contributed by atoms with Crippen LogP contribution in [0.3, 0.4) is 0 Å². The fourth-order valence-corrected chi connectivity index (χ4v) is 1.30. The minimum Gasteiger partial charge on any atom is -0.465 e. The molecule has 1 rings (SSSR count). The summed E-state index contributed by atoms with van der Waals surface area (Å²) in [5.41, 5.74) is 5.03. The first-order chi connectivity index (χ1) is 4.54. The van der Waals surface area contributed by atoms with Gasteiger partial charge in [0.05, 0.1) is 5.66 Å². The van der Waals surface area contributed by atoms with E-state index in [2.05, 4.69) is 0 Å². The van der Waals surface area contributed by atoms with Gasteiger partial charge in [0, 0.05) is 6.54 Å². The molecule has 1 unspecified atom stereocenters. The van der Waals surface area contributed by atoms with Crippen LogP contribution in [0.5, 0.6) is 0 Å². The smallest absolute Gasteiger partial charge is 0.408 e. The van der Waals surface area contributed by atoms with Gasteiger partial charge in [-0.25, -0.2) is 4.79 Å². The van der Waals surface area contributed by atoms with E-state index in [0.29, 0.717) is 6.54 Å². The maximum atomic E-state index is 10.5. The van der Waals surface area contributed by atoms with Gasteiger partial charge in [0.15, 0.2) is 0 Å². The summed E-state index contributed by atoms with van der Waals surface area (Å²) in [6.45, 7) is 2.32. The normalized spacial score (nSPS) is 32.8. The zero-order valence-electron chi connectivity index (χ0n) is 6.00. The van der Waals surface area contributed by atoms with Gasteiger partial charge in [0.25, 0.3) is 0 Å². The Bertz CT molecular complexity index is 156. The molecule has 1 amide bonds. The molecule has 1 atom stereocenters. The van der Waals surface area contributed by atoms with Crippen LogP contribution in [-0.2, 0) is 0 Å². The van der Waals surface area contributed by atoms with Crippen LogP contribution in [-0.4, -0.2) is 28.3 Å². The first-order valence-electron chi connectivity index (χ1n) is 3.33. The van der Waals surface area contributed by atoms with Crippen molar-refractivity contribution in [1.82, 2.24) is 4.90 Å². The van der Waals surface area contributed by atoms with Crippen molar-refractivity contribution >= 4 is 6.09 Å². The van der Waals surface area contributed by atoms with Crippen molar-refractivity contribution in [2.45, 2.75) is 25.4 Å². The molecular formula is C6H12N2O2. The molecule has 1 heterocycles. The van der Waals surface area contributed by atoms with Crippen LogP contribution in [0.1, 0.15) is 19.8 Å². The highest BCUT2D eigenvalue weighted by Gasteiger charge is 2.35. The minimum atomic E-state index is -0.914. The molecule has 0 aromatic rings. The van der Waals surface area contributed by atoms with Crippen LogP contribution in [0.4, 0.5) is 4.79 Å². The Morgan fingerprint density at radius 3 is 2.60 bits per heavy atom. The summed E-state index contributed by atoms with van der Waals surface area (Å²) < 4.78 is 0. The molecule has 0 aromatic carbocycles. The van der Waals surface area contributed by atoms with Crippen LogP contribution in [0.25, 0.3) is 0 Å². The molecule has 0 aromatic heterocycles. The fraction of sp³-hybridized carbons (Fsp3) is 0.833. The van der Waals surface area contributed by atoms with E-state index in [9.17, 15) is 4.79 Å². The number of nitrogens with zero attached hydrogens (tertiary/aromatic N) is 1. The van der Waals surface area contributed by atoms with Crippen molar-refractivity contribution in [3.05, 3.63) is 0 Å². The monoisotopic (exact) mass is 144 g/mol. The number of carbonyl (C=O) groups is 1. The molecule has 0 radical (unpaired) electrons. The van der Waals surface area contributed by atoms with E-state index in [1.165, 1.54) is 4.90 Å². The van der Waals surface area contributed by atoms with Gasteiger partial charge in [-0.15, -0.1) is 0 Å². The number of nitrogens with two attached hydrogens (primary N) is 1. The first-order valence-corrected chi connectivity index (χ1v) is 3.33. The molecular weight excluding hydrogens is 132 g/mol. The van der Waals surface area contributed by atoms with E-state index in [1.54, 1.807) is 6.92 Å². The zero-order valence-corrected chi connectivity index (χ0v) is 6.00. The second kappa shape index (κ2) is 2.12. The van der Waals surface area contributed by atoms with Gasteiger partial charge in [0.1, 0.15) is 0 Å². The number of likely N-dealkylation sites (tertiary alicyclic amines) is 1. The van der Waals surface area contributed by atoms with Crippen molar-refractivity contribution < 1.29 is 9.90 Å². The third kappa shape index (κ3) is 1.07. The van der Waals surface area contributed by atoms with Gasteiger partial charge in [0.2, 0.25) is 0 Å². The van der Waals surface area contributed by atoms with Gasteiger partial charge in [-0.1, -0.05) is 0 Å². The standard InChI is InChI=1S/C6H12N2O2/c1-6(7)3-2-4-8(6)5(9)10/h2-4,7H2,1H3,(H,9,10). The average Bonchev–Trinajstić information content (AvgIpc) is 2.08. The van der Waals surface area contributed by atoms with Crippen molar-refractivity contribution in [3.8, 4) is 0 Å². The third-order valence-electron chi connectivity index (χ3n) is 1.91. The van der Waals surface area contributed by atoms with Crippen molar-refractivity contribution in [1.29, 1.82) is 0 Å². The molecule has 1 saturated heterocycles. The maximum absolute atomic E-state index is 10.5. The van der Waals surface area contributed by atoms with Crippen molar-refractivity contribution in [3.63, 3.8) is 0 Å². The molecule has 3 N–H and O–H groups in total. The van der Waals surface area contributed by atoms with E-state index in [1.807, 2.05) is 0 Å². The summed E-state index contributed by atoms with van der Waals surface area (Å²) >= 11 is 0. The first kappa shape index (κ1) is 7.34. The molecule has 0 bridgehead atoms. The summed E-state index contributed by atoms with van der Waals surface area (Å²) in [4.78, 5) is 11.7. The number of rotatable bonds is 0. The molecule has 0 spiro atoms. The Labute approximate surface area is 59.6 Å². The topological polar surface area (TPSA) is 66.6 Å². The molecule has 0 aliphatic carbocycles. The lowest BCUT2D eigenvalue weighted by molar-refractivity contribution is 0.112. The summed E-state index contributed by atoms with van der Waals surface area (Å²) in [6, 6.07) is 0. The van der Waals surface area contributed by atoms with Crippen LogP contribution in [0, 0.1) is 0 Å². The lowest BCUT2D eigenvalue weighted by atomic mass is 10.1. The predicted molar refractivity (Wildman–Crippen MR) is 36.6 cm³/mol. The quantitative estimate of drug-likeness (QED) is 0.518. The van der Waals surface area contributed by atoms with Gasteiger partial charge < -0.3 is 10.8 Å². The lowest BCUT2D eigenvalue weighted by Gasteiger charge is -2.28. The number of hydrogen-bond acceptors (Lipinski definition) is 2. The van der Waals surface area contributed by atoms with Crippen molar-refractivity contribution in [2.75, 3.05) is 6.54 Å². The van der Waals surface area contributed by atoms with E-state index >= 15 is 0 Å². The molecule has 1 aliphatic rings. The summed E-state index contributed by atoms with van der Waals surface area (Å²) in [6.07, 6.45) is 0.723. The SMILES string of the molecule is CC1(N)CCCN1C(=O)O. The Balaban J connectivity index is 2.68. The molecule has 10 heavy (non-hydrogen) atoms. The van der Waals surface area contributed by atoms with Gasteiger partial charge >= 0.3 is 6.09 Å². The Morgan fingerprint density at radius 2 is 2.40 bits per heavy atom. The number of amides is 1. The van der Waals surface area contributed by atoms with Crippen LogP contribution >= 0.6 is 0 Å². The fourth-order valence-electron chi connectivity index (χ4n) is 1.30. The Morgan fingerprint density at radius 1 is 1.80 bits per heavy atom. The van der Waals surface area contributed by atoms with Gasteiger partial charge in [-0.05, 0) is 19.8 Å². The molecule has 1 fully saturated rings. The number of hydrogen-bond donors (Lipinski definition) is 2. The molecule has 1 aliphatic heterocycles. The molecule has 4 heteroatoms. The van der Waals surface area contributed by atoms with E-state index in [0.717, 1.165) is 12.8 Å². The maximum Gasteiger partial charge on any atom is 0.408 e. The molecule has 4 nitrogen and oxygen atoms in total. The summed E-state index contributed by atoms with van der Waals surface area (Å²) in [5, 5.41) is 8.59. The van der Waals surface area contributed by atoms with Crippen molar-refractivity contribution in [2.24, 2.45) is 5.73 Å². The van der Waals surface area contributed by atoms with E-state index < -0.39 is 11.8 Å². The molecule has 0 saturated carbocycles. The van der Waals surface area contributed by atoms with Crippen LogP contribution in [0.15, 0.2) is 0 Å². The second-order valence-corrected chi connectivity index (χ2v) is 2.89. The van der Waals surface area contributed by atoms with Crippen LogP contribution in [0.2, 0.25) is 0 Å². The summed E-state index contributed by atoms with van der Waals surface area (Å²) in [7, 11) is 0. The van der Waals surface area contributed by atoms with Crippen LogP contribution < -0.4 is 5.73 Å². The van der Waals surface area contributed by atoms with Gasteiger partial charge in [-0.3, -0.25) is 4.90 Å². The largest absolute Gasteiger partial charge is 0.465 e. The predicted octanol–water partition coefficient (Wildman–Crippen LogP) is 0.435. The zero-order chi connectivity index (χ0) is 7.78. The highest BCUT2D eigenvalue weighted by Crippen LogP contribution is 2.22. The molecule has 58 valence electrons. The highest BCUT2D eigenvalue weighted by atomic mass is 16.4. The van der Waals surface area contributed by atoms with E-state index in [4.69, 9.17) is 10.8 Å². The highest BCUT2D eigenvalue weighted by molar-refractivity contribution is 5.66. The minimum absolute atomic E-state index is 0.572. The van der Waals surface area contributed by atoms with E-state index in [-0.39, 0.29) is 0 Å². The lowest BCUT2D eigenvalue weighted by Crippen LogP contribution is -2.51. The third-order valence-corrected chi connectivity index (χ3v) is 1.91. The Kier molecular flexibility index (Phi) is 1.56. The average molecular weight is 144 g/mol.